The molecule has 0 spiro atoms. The van der Waals surface area contributed by atoms with Crippen LogP contribution >= 0.6 is 0 Å². The summed E-state index contributed by atoms with van der Waals surface area (Å²) in [7, 11) is 0. The number of ketones is 1. The van der Waals surface area contributed by atoms with Crippen molar-refractivity contribution >= 4 is 11.8 Å². The van der Waals surface area contributed by atoms with Crippen LogP contribution in [0.15, 0.2) is 0 Å². The van der Waals surface area contributed by atoms with Crippen molar-refractivity contribution in [1.29, 1.82) is 0 Å². The molecule has 0 aliphatic rings. The van der Waals surface area contributed by atoms with Gasteiger partial charge in [-0.15, -0.1) is 0 Å². The highest BCUT2D eigenvalue weighted by molar-refractivity contribution is 5.75. The number of rotatable bonds is 33. The quantitative estimate of drug-likeness (QED) is 0.0588. The molecular weight excluding hydrogens is 492 g/mol. The highest BCUT2D eigenvalue weighted by Crippen LogP contribution is 2.19. The van der Waals surface area contributed by atoms with Crippen molar-refractivity contribution in [3.05, 3.63) is 0 Å². The highest BCUT2D eigenvalue weighted by Gasteiger charge is 2.14. The number of carbonyl (C=O) groups is 2. The van der Waals surface area contributed by atoms with E-state index in [0.29, 0.717) is 12.2 Å². The van der Waals surface area contributed by atoms with Crippen LogP contribution in [0.25, 0.3) is 0 Å². The Kier molecular flexibility index (Phi) is 31.9. The molecule has 0 aliphatic heterocycles. The molecule has 0 heterocycles. The molecule has 0 aromatic carbocycles. The lowest BCUT2D eigenvalue weighted by atomic mass is 10.0. The third kappa shape index (κ3) is 31.7. The number of carbonyl (C=O) groups excluding carboxylic acids is 2. The van der Waals surface area contributed by atoms with E-state index < -0.39 is 0 Å². The van der Waals surface area contributed by atoms with Gasteiger partial charge in [-0.1, -0.05) is 162 Å². The average molecular weight is 565 g/mol. The molecule has 0 saturated carbocycles. The molecule has 0 N–H and O–H groups in total. The third-order valence-corrected chi connectivity index (χ3v) is 8.47. The van der Waals surface area contributed by atoms with Gasteiger partial charge in [0, 0.05) is 12.8 Å². The van der Waals surface area contributed by atoms with Gasteiger partial charge in [0.05, 0.1) is 0 Å². The molecule has 0 fully saturated rings. The van der Waals surface area contributed by atoms with Crippen molar-refractivity contribution in [1.82, 2.24) is 0 Å². The molecule has 0 aromatic rings. The first-order chi connectivity index (χ1) is 19.6. The summed E-state index contributed by atoms with van der Waals surface area (Å²) in [5, 5.41) is 0. The fourth-order valence-corrected chi connectivity index (χ4v) is 5.75. The van der Waals surface area contributed by atoms with Crippen molar-refractivity contribution in [2.45, 2.75) is 226 Å². The van der Waals surface area contributed by atoms with E-state index in [1.165, 1.54) is 161 Å². The number of Topliss-reactive ketones (excluding diaryl/α,β-unsaturated/α-hetero) is 1. The van der Waals surface area contributed by atoms with Gasteiger partial charge in [0.15, 0.2) is 0 Å². The number of esters is 1. The Morgan fingerprint density at radius 2 is 0.725 bits per heavy atom. The molecule has 3 nitrogen and oxygen atoms in total. The summed E-state index contributed by atoms with van der Waals surface area (Å²) >= 11 is 0. The summed E-state index contributed by atoms with van der Waals surface area (Å²) in [5.41, 5.74) is 0. The molecule has 1 atom stereocenters. The van der Waals surface area contributed by atoms with Gasteiger partial charge in [-0.3, -0.25) is 4.79 Å². The maximum atomic E-state index is 12.5. The highest BCUT2D eigenvalue weighted by atomic mass is 16.5. The Morgan fingerprint density at radius 1 is 0.425 bits per heavy atom. The van der Waals surface area contributed by atoms with Crippen LogP contribution in [0.4, 0.5) is 0 Å². The van der Waals surface area contributed by atoms with Crippen LogP contribution in [0.5, 0.6) is 0 Å². The van der Waals surface area contributed by atoms with Gasteiger partial charge in [-0.25, -0.2) is 0 Å². The van der Waals surface area contributed by atoms with E-state index in [0.717, 1.165) is 32.1 Å². The lowest BCUT2D eigenvalue weighted by Crippen LogP contribution is -2.18. The van der Waals surface area contributed by atoms with E-state index >= 15 is 0 Å². The minimum atomic E-state index is 0.0424. The Labute approximate surface area is 251 Å². The Hall–Kier alpha value is -0.860. The lowest BCUT2D eigenvalue weighted by molar-refractivity contribution is -0.150. The van der Waals surface area contributed by atoms with Gasteiger partial charge in [0.2, 0.25) is 0 Å². The average Bonchev–Trinajstić information content (AvgIpc) is 2.93. The molecule has 0 aliphatic carbocycles. The minimum absolute atomic E-state index is 0.0424. The maximum Gasteiger partial charge on any atom is 0.306 e. The van der Waals surface area contributed by atoms with E-state index in [-0.39, 0.29) is 12.1 Å². The zero-order valence-corrected chi connectivity index (χ0v) is 27.7. The molecule has 238 valence electrons. The summed E-state index contributed by atoms with van der Waals surface area (Å²) in [4.78, 5) is 23.5. The molecule has 1 unspecified atom stereocenters. The molecule has 0 aromatic heterocycles. The van der Waals surface area contributed by atoms with Gasteiger partial charge >= 0.3 is 5.97 Å². The topological polar surface area (TPSA) is 43.4 Å². The van der Waals surface area contributed by atoms with E-state index in [1.54, 1.807) is 6.92 Å². The van der Waals surface area contributed by atoms with Gasteiger partial charge in [-0.2, -0.15) is 0 Å². The van der Waals surface area contributed by atoms with Crippen LogP contribution in [-0.4, -0.2) is 17.9 Å². The first-order valence-corrected chi connectivity index (χ1v) is 18.3. The Bertz CT molecular complexity index is 530. The first kappa shape index (κ1) is 39.1. The van der Waals surface area contributed by atoms with E-state index in [9.17, 15) is 9.59 Å². The lowest BCUT2D eigenvalue weighted by Gasteiger charge is -2.18. The SMILES string of the molecule is CCCCCCCCCCCCCCCCCC(=O)OC(CCCCCC)CCCCCCCCCCC(C)=O. The van der Waals surface area contributed by atoms with Crippen LogP contribution in [0.2, 0.25) is 0 Å². The normalized spacial score (nSPS) is 12.1. The predicted molar refractivity (Wildman–Crippen MR) is 175 cm³/mol. The zero-order valence-electron chi connectivity index (χ0n) is 27.7. The minimum Gasteiger partial charge on any atom is -0.462 e. The molecule has 0 radical (unpaired) electrons. The first-order valence-electron chi connectivity index (χ1n) is 18.3. The molecule has 0 amide bonds. The van der Waals surface area contributed by atoms with Gasteiger partial charge < -0.3 is 9.53 Å². The summed E-state index contributed by atoms with van der Waals surface area (Å²) in [6, 6.07) is 0. The molecule has 0 bridgehead atoms. The number of ether oxygens (including phenoxy) is 1. The zero-order chi connectivity index (χ0) is 29.4. The van der Waals surface area contributed by atoms with Crippen LogP contribution in [0.3, 0.4) is 0 Å². The molecule has 0 saturated heterocycles. The second kappa shape index (κ2) is 32.7. The van der Waals surface area contributed by atoms with Crippen molar-refractivity contribution < 1.29 is 14.3 Å². The smallest absolute Gasteiger partial charge is 0.306 e. The van der Waals surface area contributed by atoms with E-state index in [4.69, 9.17) is 4.74 Å². The number of hydrogen-bond acceptors (Lipinski definition) is 3. The van der Waals surface area contributed by atoms with Crippen LogP contribution < -0.4 is 0 Å². The summed E-state index contributed by atoms with van der Waals surface area (Å²) in [6.45, 7) is 6.22. The second-order valence-electron chi connectivity index (χ2n) is 12.7. The summed E-state index contributed by atoms with van der Waals surface area (Å²) < 4.78 is 5.97. The number of unbranched alkanes of at least 4 members (excludes halogenated alkanes) is 24. The summed E-state index contributed by atoms with van der Waals surface area (Å²) in [6.07, 6.45) is 38.6. The Morgan fingerprint density at radius 3 is 1.10 bits per heavy atom. The van der Waals surface area contributed by atoms with Crippen LogP contribution in [0.1, 0.15) is 220 Å². The second-order valence-corrected chi connectivity index (χ2v) is 12.7. The standard InChI is InChI=1S/C37H72O3/c1-4-6-8-10-11-12-13-14-15-16-17-18-23-26-30-34-37(39)40-36(32-28-9-7-5-2)33-29-25-22-20-19-21-24-27-31-35(3)38/h36H,4-34H2,1-3H3. The fourth-order valence-electron chi connectivity index (χ4n) is 5.75. The van der Waals surface area contributed by atoms with Crippen LogP contribution in [-0.2, 0) is 14.3 Å². The van der Waals surface area contributed by atoms with Crippen molar-refractivity contribution in [2.75, 3.05) is 0 Å². The maximum absolute atomic E-state index is 12.5. The predicted octanol–water partition coefficient (Wildman–Crippen LogP) is 12.6. The van der Waals surface area contributed by atoms with E-state index in [2.05, 4.69) is 13.8 Å². The molecule has 0 rings (SSSR count). The molecular formula is C37H72O3. The van der Waals surface area contributed by atoms with Gasteiger partial charge in [-0.05, 0) is 45.4 Å². The molecule has 3 heteroatoms. The Balaban J connectivity index is 3.77. The number of hydrogen-bond donors (Lipinski definition) is 0. The van der Waals surface area contributed by atoms with Crippen molar-refractivity contribution in [3.63, 3.8) is 0 Å². The third-order valence-electron chi connectivity index (χ3n) is 8.47. The van der Waals surface area contributed by atoms with Crippen molar-refractivity contribution in [2.24, 2.45) is 0 Å². The van der Waals surface area contributed by atoms with Crippen molar-refractivity contribution in [3.8, 4) is 0 Å². The molecule has 40 heavy (non-hydrogen) atoms. The fraction of sp³-hybridized carbons (Fsp3) is 0.946. The van der Waals surface area contributed by atoms with Crippen LogP contribution in [0, 0.1) is 0 Å². The largest absolute Gasteiger partial charge is 0.462 e. The monoisotopic (exact) mass is 565 g/mol. The van der Waals surface area contributed by atoms with E-state index in [1.807, 2.05) is 0 Å². The van der Waals surface area contributed by atoms with Gasteiger partial charge in [0.1, 0.15) is 11.9 Å². The summed E-state index contributed by atoms with van der Waals surface area (Å²) in [5.74, 6) is 0.362. The van der Waals surface area contributed by atoms with Gasteiger partial charge in [0.25, 0.3) is 0 Å².